The van der Waals surface area contributed by atoms with Crippen molar-refractivity contribution in [3.8, 4) is 5.75 Å². The maximum absolute atomic E-state index is 12.0. The zero-order valence-corrected chi connectivity index (χ0v) is 13.1. The van der Waals surface area contributed by atoms with Crippen LogP contribution in [-0.2, 0) is 16.6 Å². The summed E-state index contributed by atoms with van der Waals surface area (Å²) in [5.41, 5.74) is 2.26. The summed E-state index contributed by atoms with van der Waals surface area (Å²) in [6.07, 6.45) is 0. The molecule has 2 rings (SSSR count). The smallest absolute Gasteiger partial charge is 0.335 e. The van der Waals surface area contributed by atoms with Crippen LogP contribution in [0.25, 0.3) is 0 Å². The summed E-state index contributed by atoms with van der Waals surface area (Å²) in [6.45, 7) is 2.40. The van der Waals surface area contributed by atoms with Gasteiger partial charge in [0.1, 0.15) is 5.75 Å². The minimum atomic E-state index is -1.04. The molecule has 5 heteroatoms. The zero-order chi connectivity index (χ0) is 15.9. The average Bonchev–Trinajstić information content (AvgIpc) is 2.50. The Morgan fingerprint density at radius 1 is 1.09 bits per heavy atom. The molecule has 0 radical (unpaired) electrons. The molecule has 2 aromatic carbocycles. The van der Waals surface area contributed by atoms with Crippen molar-refractivity contribution in [1.82, 2.24) is 0 Å². The summed E-state index contributed by atoms with van der Waals surface area (Å²) in [7, 11) is -1.04. The minimum absolute atomic E-state index is 0.234. The van der Waals surface area contributed by atoms with Gasteiger partial charge in [0.2, 0.25) is 0 Å². The van der Waals surface area contributed by atoms with Crippen LogP contribution >= 0.6 is 0 Å². The molecule has 0 fully saturated rings. The highest BCUT2D eigenvalue weighted by molar-refractivity contribution is 7.84. The van der Waals surface area contributed by atoms with Crippen molar-refractivity contribution < 1.29 is 18.8 Å². The third-order valence-electron chi connectivity index (χ3n) is 3.13. The molecule has 4 nitrogen and oxygen atoms in total. The van der Waals surface area contributed by atoms with Crippen molar-refractivity contribution in [2.75, 3.05) is 12.4 Å². The second kappa shape index (κ2) is 7.75. The molecule has 2 aromatic rings. The topological polar surface area (TPSA) is 63.6 Å². The van der Waals surface area contributed by atoms with Gasteiger partial charge in [0.25, 0.3) is 0 Å². The molecule has 1 unspecified atom stereocenters. The van der Waals surface area contributed by atoms with Gasteiger partial charge >= 0.3 is 5.97 Å². The predicted molar refractivity (Wildman–Crippen MR) is 86.8 cm³/mol. The van der Waals surface area contributed by atoms with Gasteiger partial charge in [-0.1, -0.05) is 29.8 Å². The van der Waals surface area contributed by atoms with Gasteiger partial charge < -0.3 is 9.84 Å². The highest BCUT2D eigenvalue weighted by Crippen LogP contribution is 2.12. The fourth-order valence-corrected chi connectivity index (χ4v) is 2.87. The second-order valence-corrected chi connectivity index (χ2v) is 6.53. The van der Waals surface area contributed by atoms with Crippen LogP contribution in [0.4, 0.5) is 0 Å². The molecule has 0 aliphatic rings. The molecule has 0 bridgehead atoms. The Kier molecular flexibility index (Phi) is 5.72. The maximum Gasteiger partial charge on any atom is 0.335 e. The molecule has 0 aromatic heterocycles. The Morgan fingerprint density at radius 2 is 1.73 bits per heavy atom. The van der Waals surface area contributed by atoms with E-state index in [1.165, 1.54) is 17.7 Å². The molecule has 0 aliphatic carbocycles. The Balaban J connectivity index is 1.77. The summed E-state index contributed by atoms with van der Waals surface area (Å²) in [4.78, 5) is 10.8. The molecule has 0 heterocycles. The van der Waals surface area contributed by atoms with Crippen molar-refractivity contribution >= 4 is 16.8 Å². The normalized spacial score (nSPS) is 11.9. The number of carboxylic acid groups (broad SMARTS) is 1. The van der Waals surface area contributed by atoms with Crippen LogP contribution in [0, 0.1) is 6.92 Å². The van der Waals surface area contributed by atoms with Gasteiger partial charge in [0.05, 0.1) is 17.9 Å². The van der Waals surface area contributed by atoms with Crippen molar-refractivity contribution in [2.24, 2.45) is 0 Å². The van der Waals surface area contributed by atoms with E-state index in [-0.39, 0.29) is 5.56 Å². The summed E-state index contributed by atoms with van der Waals surface area (Å²) in [5, 5.41) is 8.82. The van der Waals surface area contributed by atoms with Crippen LogP contribution in [-0.4, -0.2) is 27.6 Å². The molecular weight excluding hydrogens is 300 g/mol. The molecule has 0 saturated carbocycles. The van der Waals surface area contributed by atoms with E-state index in [0.29, 0.717) is 18.1 Å². The summed E-state index contributed by atoms with van der Waals surface area (Å²) < 4.78 is 17.5. The zero-order valence-electron chi connectivity index (χ0n) is 12.3. The molecule has 0 aliphatic heterocycles. The molecule has 22 heavy (non-hydrogen) atoms. The van der Waals surface area contributed by atoms with E-state index in [9.17, 15) is 9.00 Å². The fourth-order valence-electron chi connectivity index (χ4n) is 1.89. The first-order valence-corrected chi connectivity index (χ1v) is 8.40. The van der Waals surface area contributed by atoms with Crippen LogP contribution in [0.5, 0.6) is 5.75 Å². The first kappa shape index (κ1) is 16.2. The third-order valence-corrected chi connectivity index (χ3v) is 4.41. The Morgan fingerprint density at radius 3 is 2.32 bits per heavy atom. The quantitative estimate of drug-likeness (QED) is 0.852. The minimum Gasteiger partial charge on any atom is -0.493 e. The molecule has 0 spiro atoms. The van der Waals surface area contributed by atoms with Crippen molar-refractivity contribution in [1.29, 1.82) is 0 Å². The SMILES string of the molecule is Cc1ccc(OCCS(=O)Cc2ccc(C(=O)O)cc2)cc1. The van der Waals surface area contributed by atoms with Crippen molar-refractivity contribution in [2.45, 2.75) is 12.7 Å². The Labute approximate surface area is 132 Å². The molecule has 1 atom stereocenters. The van der Waals surface area contributed by atoms with Crippen LogP contribution in [0.1, 0.15) is 21.5 Å². The van der Waals surface area contributed by atoms with Gasteiger partial charge in [0.15, 0.2) is 0 Å². The lowest BCUT2D eigenvalue weighted by molar-refractivity contribution is 0.0697. The number of rotatable bonds is 7. The first-order chi connectivity index (χ1) is 10.5. The standard InChI is InChI=1S/C17H18O4S/c1-13-2-8-16(9-3-13)21-10-11-22(20)12-14-4-6-15(7-5-14)17(18)19/h2-9H,10-12H2,1H3,(H,18,19). The number of ether oxygens (including phenoxy) is 1. The fraction of sp³-hybridized carbons (Fsp3) is 0.235. The number of hydrogen-bond acceptors (Lipinski definition) is 3. The van der Waals surface area contributed by atoms with Crippen LogP contribution < -0.4 is 4.74 Å². The molecular formula is C17H18O4S. The molecule has 0 saturated heterocycles. The number of benzene rings is 2. The van der Waals surface area contributed by atoms with Gasteiger partial charge in [-0.25, -0.2) is 4.79 Å². The maximum atomic E-state index is 12.0. The predicted octanol–water partition coefficient (Wildman–Crippen LogP) is 3.02. The molecule has 116 valence electrons. The van der Waals surface area contributed by atoms with E-state index in [0.717, 1.165) is 11.3 Å². The number of carboxylic acids is 1. The van der Waals surface area contributed by atoms with E-state index in [2.05, 4.69) is 0 Å². The second-order valence-electron chi connectivity index (χ2n) is 4.95. The Bertz CT molecular complexity index is 647. The van der Waals surface area contributed by atoms with Gasteiger partial charge in [-0.15, -0.1) is 0 Å². The number of aryl methyl sites for hydroxylation is 1. The largest absolute Gasteiger partial charge is 0.493 e. The number of carbonyl (C=O) groups is 1. The number of hydrogen-bond donors (Lipinski definition) is 1. The van der Waals surface area contributed by atoms with E-state index < -0.39 is 16.8 Å². The monoisotopic (exact) mass is 318 g/mol. The average molecular weight is 318 g/mol. The lowest BCUT2D eigenvalue weighted by Crippen LogP contribution is -2.10. The van der Waals surface area contributed by atoms with Crippen molar-refractivity contribution in [3.63, 3.8) is 0 Å². The summed E-state index contributed by atoms with van der Waals surface area (Å²) in [6, 6.07) is 14.2. The summed E-state index contributed by atoms with van der Waals surface area (Å²) >= 11 is 0. The first-order valence-electron chi connectivity index (χ1n) is 6.91. The van der Waals surface area contributed by atoms with E-state index in [4.69, 9.17) is 9.84 Å². The van der Waals surface area contributed by atoms with E-state index in [1.807, 2.05) is 31.2 Å². The van der Waals surface area contributed by atoms with Gasteiger partial charge in [-0.05, 0) is 36.8 Å². The molecule has 0 amide bonds. The van der Waals surface area contributed by atoms with Crippen LogP contribution in [0.15, 0.2) is 48.5 Å². The number of aromatic carboxylic acids is 1. The lowest BCUT2D eigenvalue weighted by atomic mass is 10.1. The van der Waals surface area contributed by atoms with Crippen LogP contribution in [0.2, 0.25) is 0 Å². The van der Waals surface area contributed by atoms with Crippen LogP contribution in [0.3, 0.4) is 0 Å². The van der Waals surface area contributed by atoms with Gasteiger partial charge in [-0.2, -0.15) is 0 Å². The Hall–Kier alpha value is -2.14. The van der Waals surface area contributed by atoms with Crippen molar-refractivity contribution in [3.05, 3.63) is 65.2 Å². The van der Waals surface area contributed by atoms with E-state index >= 15 is 0 Å². The van der Waals surface area contributed by atoms with Gasteiger partial charge in [0, 0.05) is 16.6 Å². The highest BCUT2D eigenvalue weighted by atomic mass is 32.2. The summed E-state index contributed by atoms with van der Waals surface area (Å²) in [5.74, 6) is 0.652. The molecule has 1 N–H and O–H groups in total. The lowest BCUT2D eigenvalue weighted by Gasteiger charge is -2.07. The van der Waals surface area contributed by atoms with E-state index in [1.54, 1.807) is 12.1 Å². The highest BCUT2D eigenvalue weighted by Gasteiger charge is 2.05. The third kappa shape index (κ3) is 5.00. The van der Waals surface area contributed by atoms with Gasteiger partial charge in [-0.3, -0.25) is 4.21 Å².